The summed E-state index contributed by atoms with van der Waals surface area (Å²) in [6, 6.07) is -0.361. The van der Waals surface area contributed by atoms with Crippen LogP contribution in [0.25, 0.3) is 0 Å². The number of hydrogen-bond donors (Lipinski definition) is 3. The standard InChI is InChI=1S/C12H21N3O4/c16-10(15-8-1-2-9-15)5-7-14-12(19)13-6-3-4-11(17)18/h1-9H2,(H,17,18)(H2,13,14,19). The molecule has 1 rings (SSSR count). The highest BCUT2D eigenvalue weighted by atomic mass is 16.4. The largest absolute Gasteiger partial charge is 0.481 e. The summed E-state index contributed by atoms with van der Waals surface area (Å²) in [4.78, 5) is 35.0. The Bertz CT molecular complexity index is 327. The fourth-order valence-electron chi connectivity index (χ4n) is 1.91. The van der Waals surface area contributed by atoms with Gasteiger partial charge in [-0.15, -0.1) is 0 Å². The van der Waals surface area contributed by atoms with E-state index in [1.54, 1.807) is 0 Å². The van der Waals surface area contributed by atoms with Crippen molar-refractivity contribution in [1.29, 1.82) is 0 Å². The van der Waals surface area contributed by atoms with Gasteiger partial charge in [-0.3, -0.25) is 9.59 Å². The van der Waals surface area contributed by atoms with Gasteiger partial charge in [-0.1, -0.05) is 0 Å². The minimum atomic E-state index is -0.876. The summed E-state index contributed by atoms with van der Waals surface area (Å²) >= 11 is 0. The molecule has 7 heteroatoms. The molecule has 1 heterocycles. The number of nitrogens with zero attached hydrogens (tertiary/aromatic N) is 1. The van der Waals surface area contributed by atoms with E-state index < -0.39 is 5.97 Å². The van der Waals surface area contributed by atoms with E-state index in [0.717, 1.165) is 25.9 Å². The lowest BCUT2D eigenvalue weighted by atomic mass is 10.3. The molecule has 1 saturated heterocycles. The average Bonchev–Trinajstić information content (AvgIpc) is 2.88. The molecule has 0 atom stereocenters. The van der Waals surface area contributed by atoms with E-state index in [1.807, 2.05) is 4.90 Å². The van der Waals surface area contributed by atoms with Crippen molar-refractivity contribution in [3.63, 3.8) is 0 Å². The zero-order valence-electron chi connectivity index (χ0n) is 11.0. The van der Waals surface area contributed by atoms with Gasteiger partial charge in [0.2, 0.25) is 5.91 Å². The number of likely N-dealkylation sites (tertiary alicyclic amines) is 1. The number of carbonyl (C=O) groups is 3. The van der Waals surface area contributed by atoms with Gasteiger partial charge < -0.3 is 20.6 Å². The summed E-state index contributed by atoms with van der Waals surface area (Å²) in [6.45, 7) is 2.26. The van der Waals surface area contributed by atoms with Gasteiger partial charge in [-0.25, -0.2) is 4.79 Å². The van der Waals surface area contributed by atoms with Crippen LogP contribution in [0.4, 0.5) is 4.79 Å². The molecule has 1 aliphatic heterocycles. The quantitative estimate of drug-likeness (QED) is 0.574. The normalized spacial score (nSPS) is 14.2. The molecular formula is C12H21N3O4. The van der Waals surface area contributed by atoms with Crippen molar-refractivity contribution in [3.8, 4) is 0 Å². The Morgan fingerprint density at radius 1 is 1.00 bits per heavy atom. The number of carboxylic acid groups (broad SMARTS) is 1. The first kappa shape index (κ1) is 15.3. The lowest BCUT2D eigenvalue weighted by Gasteiger charge is -2.15. The maximum atomic E-state index is 11.7. The number of carbonyl (C=O) groups excluding carboxylic acids is 2. The first-order valence-corrected chi connectivity index (χ1v) is 6.61. The number of aliphatic carboxylic acids is 1. The van der Waals surface area contributed by atoms with Gasteiger partial charge in [0.1, 0.15) is 0 Å². The topological polar surface area (TPSA) is 98.7 Å². The maximum absolute atomic E-state index is 11.7. The summed E-state index contributed by atoms with van der Waals surface area (Å²) in [7, 11) is 0. The SMILES string of the molecule is O=C(O)CCCNC(=O)NCCC(=O)N1CCCC1. The molecule has 1 fully saturated rings. The van der Waals surface area contributed by atoms with E-state index in [1.165, 1.54) is 0 Å². The van der Waals surface area contributed by atoms with Crippen molar-refractivity contribution in [2.45, 2.75) is 32.1 Å². The molecule has 0 unspecified atom stereocenters. The van der Waals surface area contributed by atoms with E-state index in [2.05, 4.69) is 10.6 Å². The Balaban J connectivity index is 2.00. The first-order valence-electron chi connectivity index (χ1n) is 6.61. The highest BCUT2D eigenvalue weighted by Crippen LogP contribution is 2.08. The number of amides is 3. The summed E-state index contributed by atoms with van der Waals surface area (Å²) in [5, 5.41) is 13.5. The average molecular weight is 271 g/mol. The van der Waals surface area contributed by atoms with Crippen molar-refractivity contribution in [1.82, 2.24) is 15.5 Å². The third-order valence-corrected chi connectivity index (χ3v) is 2.94. The van der Waals surface area contributed by atoms with E-state index in [9.17, 15) is 14.4 Å². The molecule has 0 spiro atoms. The van der Waals surface area contributed by atoms with Crippen molar-refractivity contribution in [2.24, 2.45) is 0 Å². The minimum absolute atomic E-state index is 0.0354. The van der Waals surface area contributed by atoms with Crippen LogP contribution in [-0.4, -0.2) is 54.1 Å². The molecule has 3 amide bonds. The van der Waals surface area contributed by atoms with Crippen molar-refractivity contribution in [2.75, 3.05) is 26.2 Å². The zero-order chi connectivity index (χ0) is 14.1. The van der Waals surface area contributed by atoms with Crippen molar-refractivity contribution in [3.05, 3.63) is 0 Å². The molecular weight excluding hydrogens is 250 g/mol. The molecule has 0 saturated carbocycles. The molecule has 0 aromatic heterocycles. The number of urea groups is 1. The molecule has 19 heavy (non-hydrogen) atoms. The van der Waals surface area contributed by atoms with Crippen LogP contribution in [0.1, 0.15) is 32.1 Å². The van der Waals surface area contributed by atoms with Gasteiger partial charge in [-0.2, -0.15) is 0 Å². The Morgan fingerprint density at radius 3 is 2.26 bits per heavy atom. The summed E-state index contributed by atoms with van der Waals surface area (Å²) in [5.41, 5.74) is 0. The van der Waals surface area contributed by atoms with Crippen LogP contribution in [0.5, 0.6) is 0 Å². The fourth-order valence-corrected chi connectivity index (χ4v) is 1.91. The second-order valence-corrected chi connectivity index (χ2v) is 4.52. The summed E-state index contributed by atoms with van der Waals surface area (Å²) < 4.78 is 0. The first-order chi connectivity index (χ1) is 9.09. The monoisotopic (exact) mass is 271 g/mol. The van der Waals surface area contributed by atoms with Crippen LogP contribution in [0.2, 0.25) is 0 Å². The van der Waals surface area contributed by atoms with E-state index in [4.69, 9.17) is 5.11 Å². The maximum Gasteiger partial charge on any atom is 0.314 e. The van der Waals surface area contributed by atoms with E-state index in [-0.39, 0.29) is 18.4 Å². The number of rotatable bonds is 7. The fraction of sp³-hybridized carbons (Fsp3) is 0.750. The molecule has 7 nitrogen and oxygen atoms in total. The highest BCUT2D eigenvalue weighted by Gasteiger charge is 2.17. The molecule has 108 valence electrons. The van der Waals surface area contributed by atoms with Gasteiger partial charge in [0, 0.05) is 39.0 Å². The number of hydrogen-bond acceptors (Lipinski definition) is 3. The van der Waals surface area contributed by atoms with Gasteiger partial charge in [0.25, 0.3) is 0 Å². The number of carboxylic acids is 1. The molecule has 0 aliphatic carbocycles. The zero-order valence-corrected chi connectivity index (χ0v) is 11.0. The smallest absolute Gasteiger partial charge is 0.314 e. The minimum Gasteiger partial charge on any atom is -0.481 e. The second kappa shape index (κ2) is 8.34. The summed E-state index contributed by atoms with van der Waals surface area (Å²) in [6.07, 6.45) is 2.86. The Labute approximate surface area is 112 Å². The summed E-state index contributed by atoms with van der Waals surface area (Å²) in [5.74, 6) is -0.804. The Hall–Kier alpha value is -1.79. The van der Waals surface area contributed by atoms with E-state index >= 15 is 0 Å². The van der Waals surface area contributed by atoms with E-state index in [0.29, 0.717) is 25.9 Å². The van der Waals surface area contributed by atoms with Crippen molar-refractivity contribution >= 4 is 17.9 Å². The Morgan fingerprint density at radius 2 is 1.63 bits per heavy atom. The van der Waals surface area contributed by atoms with Gasteiger partial charge in [0.05, 0.1) is 0 Å². The predicted molar refractivity (Wildman–Crippen MR) is 68.7 cm³/mol. The molecule has 0 radical (unpaired) electrons. The van der Waals surface area contributed by atoms with Gasteiger partial charge in [0.15, 0.2) is 0 Å². The van der Waals surface area contributed by atoms with Gasteiger partial charge >= 0.3 is 12.0 Å². The molecule has 3 N–H and O–H groups in total. The van der Waals surface area contributed by atoms with Crippen LogP contribution in [-0.2, 0) is 9.59 Å². The van der Waals surface area contributed by atoms with Crippen LogP contribution in [0.3, 0.4) is 0 Å². The lowest BCUT2D eigenvalue weighted by molar-refractivity contribution is -0.137. The molecule has 0 aromatic carbocycles. The molecule has 0 bridgehead atoms. The van der Waals surface area contributed by atoms with Crippen molar-refractivity contribution < 1.29 is 19.5 Å². The van der Waals surface area contributed by atoms with Crippen LogP contribution in [0, 0.1) is 0 Å². The van der Waals surface area contributed by atoms with Crippen LogP contribution >= 0.6 is 0 Å². The molecule has 0 aromatic rings. The highest BCUT2D eigenvalue weighted by molar-refractivity contribution is 5.78. The molecule has 1 aliphatic rings. The second-order valence-electron chi connectivity index (χ2n) is 4.52. The van der Waals surface area contributed by atoms with Crippen LogP contribution in [0.15, 0.2) is 0 Å². The Kier molecular flexibility index (Phi) is 6.70. The third kappa shape index (κ3) is 6.64. The van der Waals surface area contributed by atoms with Crippen LogP contribution < -0.4 is 10.6 Å². The van der Waals surface area contributed by atoms with Gasteiger partial charge in [-0.05, 0) is 19.3 Å². The number of nitrogens with one attached hydrogen (secondary N) is 2. The predicted octanol–water partition coefficient (Wildman–Crippen LogP) is 0.163. The third-order valence-electron chi connectivity index (χ3n) is 2.94. The lowest BCUT2D eigenvalue weighted by Crippen LogP contribution is -2.38.